The van der Waals surface area contributed by atoms with E-state index in [9.17, 15) is 0 Å². The Morgan fingerprint density at radius 3 is 2.89 bits per heavy atom. The van der Waals surface area contributed by atoms with Gasteiger partial charge < -0.3 is 10.1 Å². The number of rotatable bonds is 6. The van der Waals surface area contributed by atoms with E-state index >= 15 is 0 Å². The Morgan fingerprint density at radius 1 is 1.53 bits per heavy atom. The zero-order valence-electron chi connectivity index (χ0n) is 11.8. The average molecular weight is 280 g/mol. The molecule has 0 aliphatic rings. The standard InChI is InChI=1S/C13H20N4OS/c1-5-6-14-12(10-8-19-9(2)16-10)13-11(18-4)7-15-17(13)3/h7-8,12,14H,5-6H2,1-4H3. The maximum atomic E-state index is 5.41. The lowest BCUT2D eigenvalue weighted by atomic mass is 10.1. The highest BCUT2D eigenvalue weighted by Crippen LogP contribution is 2.30. The van der Waals surface area contributed by atoms with Crippen molar-refractivity contribution in [3.05, 3.63) is 28.0 Å². The topological polar surface area (TPSA) is 52.0 Å². The molecule has 2 aromatic heterocycles. The average Bonchev–Trinajstić information content (AvgIpc) is 2.98. The molecule has 19 heavy (non-hydrogen) atoms. The van der Waals surface area contributed by atoms with Crippen LogP contribution in [0.25, 0.3) is 0 Å². The third kappa shape index (κ3) is 2.96. The fraction of sp³-hybridized carbons (Fsp3) is 0.538. The molecule has 0 aromatic carbocycles. The van der Waals surface area contributed by atoms with Crippen LogP contribution in [-0.2, 0) is 7.05 Å². The Labute approximate surface area is 117 Å². The molecule has 1 unspecified atom stereocenters. The minimum absolute atomic E-state index is 0.0207. The van der Waals surface area contributed by atoms with Gasteiger partial charge in [-0.25, -0.2) is 4.98 Å². The minimum atomic E-state index is 0.0207. The van der Waals surface area contributed by atoms with Crippen LogP contribution in [0.5, 0.6) is 5.75 Å². The van der Waals surface area contributed by atoms with Crippen LogP contribution in [0, 0.1) is 6.92 Å². The number of hydrogen-bond donors (Lipinski definition) is 1. The number of aromatic nitrogens is 3. The lowest BCUT2D eigenvalue weighted by molar-refractivity contribution is 0.400. The van der Waals surface area contributed by atoms with Crippen molar-refractivity contribution >= 4 is 11.3 Å². The van der Waals surface area contributed by atoms with Gasteiger partial charge in [-0.2, -0.15) is 5.10 Å². The highest BCUT2D eigenvalue weighted by molar-refractivity contribution is 7.09. The largest absolute Gasteiger partial charge is 0.493 e. The zero-order chi connectivity index (χ0) is 13.8. The van der Waals surface area contributed by atoms with E-state index in [4.69, 9.17) is 4.74 Å². The SMILES string of the molecule is CCCNC(c1csc(C)n1)c1c(OC)cnn1C. The van der Waals surface area contributed by atoms with E-state index in [1.165, 1.54) is 0 Å². The summed E-state index contributed by atoms with van der Waals surface area (Å²) in [5.41, 5.74) is 2.04. The summed E-state index contributed by atoms with van der Waals surface area (Å²) in [6, 6.07) is 0.0207. The van der Waals surface area contributed by atoms with Crippen LogP contribution in [0.1, 0.15) is 35.8 Å². The van der Waals surface area contributed by atoms with Crippen molar-refractivity contribution in [3.63, 3.8) is 0 Å². The van der Waals surface area contributed by atoms with Crippen molar-refractivity contribution < 1.29 is 4.74 Å². The fourth-order valence-corrected chi connectivity index (χ4v) is 2.69. The van der Waals surface area contributed by atoms with Crippen LogP contribution in [0.2, 0.25) is 0 Å². The first kappa shape index (κ1) is 14.0. The first-order chi connectivity index (χ1) is 9.17. The first-order valence-corrected chi connectivity index (χ1v) is 7.26. The van der Waals surface area contributed by atoms with Crippen molar-refractivity contribution in [2.24, 2.45) is 7.05 Å². The number of hydrogen-bond acceptors (Lipinski definition) is 5. The van der Waals surface area contributed by atoms with Crippen LogP contribution >= 0.6 is 11.3 Å². The Kier molecular flexibility index (Phi) is 4.55. The zero-order valence-corrected chi connectivity index (χ0v) is 12.6. The smallest absolute Gasteiger partial charge is 0.161 e. The lowest BCUT2D eigenvalue weighted by Gasteiger charge is -2.18. The molecule has 104 valence electrons. The van der Waals surface area contributed by atoms with Gasteiger partial charge in [-0.15, -0.1) is 11.3 Å². The number of ether oxygens (including phenoxy) is 1. The monoisotopic (exact) mass is 280 g/mol. The molecule has 2 aromatic rings. The Balaban J connectivity index is 2.39. The minimum Gasteiger partial charge on any atom is -0.493 e. The molecule has 0 saturated carbocycles. The van der Waals surface area contributed by atoms with Crippen molar-refractivity contribution in [2.75, 3.05) is 13.7 Å². The van der Waals surface area contributed by atoms with Gasteiger partial charge in [0.25, 0.3) is 0 Å². The van der Waals surface area contributed by atoms with Gasteiger partial charge in [0.1, 0.15) is 5.69 Å². The summed E-state index contributed by atoms with van der Waals surface area (Å²) in [5, 5.41) is 11.0. The maximum absolute atomic E-state index is 5.41. The first-order valence-electron chi connectivity index (χ1n) is 6.38. The van der Waals surface area contributed by atoms with E-state index in [2.05, 4.69) is 27.7 Å². The molecule has 0 spiro atoms. The second-order valence-electron chi connectivity index (χ2n) is 4.40. The van der Waals surface area contributed by atoms with Crippen LogP contribution in [0.4, 0.5) is 0 Å². The second kappa shape index (κ2) is 6.16. The van der Waals surface area contributed by atoms with Gasteiger partial charge in [0.05, 0.1) is 30.1 Å². The molecule has 0 aliphatic heterocycles. The molecule has 0 bridgehead atoms. The van der Waals surface area contributed by atoms with Crippen LogP contribution in [0.15, 0.2) is 11.6 Å². The summed E-state index contributed by atoms with van der Waals surface area (Å²) in [6.07, 6.45) is 2.81. The summed E-state index contributed by atoms with van der Waals surface area (Å²) in [5.74, 6) is 0.793. The summed E-state index contributed by atoms with van der Waals surface area (Å²) >= 11 is 1.66. The van der Waals surface area contributed by atoms with E-state index in [1.54, 1.807) is 24.6 Å². The van der Waals surface area contributed by atoms with Crippen LogP contribution in [-0.4, -0.2) is 28.4 Å². The van der Waals surface area contributed by atoms with Crippen molar-refractivity contribution in [3.8, 4) is 5.75 Å². The summed E-state index contributed by atoms with van der Waals surface area (Å²) in [6.45, 7) is 5.10. The Bertz CT molecular complexity index is 534. The summed E-state index contributed by atoms with van der Waals surface area (Å²) in [7, 11) is 3.60. The molecule has 6 heteroatoms. The van der Waals surface area contributed by atoms with Crippen LogP contribution < -0.4 is 10.1 Å². The van der Waals surface area contributed by atoms with Gasteiger partial charge in [-0.3, -0.25) is 4.68 Å². The summed E-state index contributed by atoms with van der Waals surface area (Å²) in [4.78, 5) is 4.60. The molecule has 2 rings (SSSR count). The van der Waals surface area contributed by atoms with Gasteiger partial charge in [-0.05, 0) is 19.9 Å². The van der Waals surface area contributed by atoms with Gasteiger partial charge >= 0.3 is 0 Å². The number of methoxy groups -OCH3 is 1. The molecular weight excluding hydrogens is 260 g/mol. The molecule has 1 N–H and O–H groups in total. The molecule has 5 nitrogen and oxygen atoms in total. The van der Waals surface area contributed by atoms with Gasteiger partial charge in [0, 0.05) is 12.4 Å². The molecule has 1 atom stereocenters. The molecular formula is C13H20N4OS. The second-order valence-corrected chi connectivity index (χ2v) is 5.46. The van der Waals surface area contributed by atoms with E-state index < -0.39 is 0 Å². The van der Waals surface area contributed by atoms with Gasteiger partial charge in [0.2, 0.25) is 0 Å². The third-order valence-corrected chi connectivity index (χ3v) is 3.77. The highest BCUT2D eigenvalue weighted by atomic mass is 32.1. The van der Waals surface area contributed by atoms with Gasteiger partial charge in [-0.1, -0.05) is 6.92 Å². The van der Waals surface area contributed by atoms with E-state index in [1.807, 2.05) is 18.7 Å². The predicted molar refractivity (Wildman–Crippen MR) is 76.7 cm³/mol. The van der Waals surface area contributed by atoms with E-state index in [0.29, 0.717) is 0 Å². The molecule has 2 heterocycles. The number of nitrogens with one attached hydrogen (secondary N) is 1. The Morgan fingerprint density at radius 2 is 2.32 bits per heavy atom. The van der Waals surface area contributed by atoms with E-state index in [0.717, 1.165) is 35.1 Å². The van der Waals surface area contributed by atoms with Crippen molar-refractivity contribution in [1.29, 1.82) is 0 Å². The fourth-order valence-electron chi connectivity index (χ4n) is 2.06. The lowest BCUT2D eigenvalue weighted by Crippen LogP contribution is -2.26. The summed E-state index contributed by atoms with van der Waals surface area (Å²) < 4.78 is 7.26. The highest BCUT2D eigenvalue weighted by Gasteiger charge is 2.23. The number of aryl methyl sites for hydroxylation is 2. The Hall–Kier alpha value is -1.40. The molecule has 0 fully saturated rings. The van der Waals surface area contributed by atoms with Crippen LogP contribution in [0.3, 0.4) is 0 Å². The maximum Gasteiger partial charge on any atom is 0.161 e. The normalized spacial score (nSPS) is 12.6. The van der Waals surface area contributed by atoms with E-state index in [-0.39, 0.29) is 6.04 Å². The molecule has 0 amide bonds. The number of nitrogens with zero attached hydrogens (tertiary/aromatic N) is 3. The van der Waals surface area contributed by atoms with Crippen molar-refractivity contribution in [1.82, 2.24) is 20.1 Å². The molecule has 0 saturated heterocycles. The predicted octanol–water partition coefficient (Wildman–Crippen LogP) is 2.28. The quantitative estimate of drug-likeness (QED) is 0.882. The third-order valence-electron chi connectivity index (χ3n) is 2.97. The van der Waals surface area contributed by atoms with Gasteiger partial charge in [0.15, 0.2) is 5.75 Å². The molecule has 0 radical (unpaired) electrons. The molecule has 0 aliphatic carbocycles. The van der Waals surface area contributed by atoms with Crippen molar-refractivity contribution in [2.45, 2.75) is 26.3 Å². The number of thiazole rings is 1.